The van der Waals surface area contributed by atoms with E-state index < -0.39 is 11.6 Å². The van der Waals surface area contributed by atoms with E-state index in [9.17, 15) is 18.4 Å². The predicted octanol–water partition coefficient (Wildman–Crippen LogP) is 5.13. The molecule has 2 unspecified atom stereocenters. The maximum atomic E-state index is 14.9. The van der Waals surface area contributed by atoms with Gasteiger partial charge in [0.05, 0.1) is 5.92 Å². The molecule has 1 saturated carbocycles. The first-order valence-corrected chi connectivity index (χ1v) is 15.4. The quantitative estimate of drug-likeness (QED) is 0.464. The van der Waals surface area contributed by atoms with Crippen LogP contribution in [0.15, 0.2) is 18.2 Å². The summed E-state index contributed by atoms with van der Waals surface area (Å²) in [6, 6.07) is 4.20. The van der Waals surface area contributed by atoms with Crippen molar-refractivity contribution in [3.8, 4) is 0 Å². The van der Waals surface area contributed by atoms with Gasteiger partial charge in [-0.05, 0) is 65.0 Å². The molecule has 6 nitrogen and oxygen atoms in total. The maximum absolute atomic E-state index is 14.9. The number of halogens is 2. The first kappa shape index (κ1) is 30.9. The number of amides is 2. The molecule has 3 atom stereocenters. The average Bonchev–Trinajstić information content (AvgIpc) is 3.35. The van der Waals surface area contributed by atoms with Crippen molar-refractivity contribution in [3.05, 3.63) is 35.4 Å². The summed E-state index contributed by atoms with van der Waals surface area (Å²) >= 11 is 0. The Hall–Kier alpha value is -2.06. The van der Waals surface area contributed by atoms with Gasteiger partial charge in [0.15, 0.2) is 0 Å². The number of hydrogen-bond donors (Lipinski definition) is 0. The second-order valence-electron chi connectivity index (χ2n) is 13.5. The molecule has 0 aromatic heterocycles. The molecular weight excluding hydrogens is 510 g/mol. The number of rotatable bonds is 7. The van der Waals surface area contributed by atoms with E-state index in [1.807, 2.05) is 9.80 Å². The number of benzene rings is 1. The van der Waals surface area contributed by atoms with E-state index in [2.05, 4.69) is 44.4 Å². The van der Waals surface area contributed by atoms with Crippen LogP contribution in [-0.4, -0.2) is 94.8 Å². The number of likely N-dealkylation sites (tertiary alicyclic amines) is 1. The Kier molecular flexibility index (Phi) is 9.92. The Balaban J connectivity index is 1.49. The summed E-state index contributed by atoms with van der Waals surface area (Å²) in [6.07, 6.45) is 6.17. The normalized spacial score (nSPS) is 24.5. The lowest BCUT2D eigenvalue weighted by molar-refractivity contribution is -0.138. The van der Waals surface area contributed by atoms with Gasteiger partial charge in [-0.15, -0.1) is 0 Å². The molecule has 8 heteroatoms. The van der Waals surface area contributed by atoms with Crippen molar-refractivity contribution < 1.29 is 18.4 Å². The van der Waals surface area contributed by atoms with Crippen molar-refractivity contribution in [2.45, 2.75) is 97.2 Å². The Bertz CT molecular complexity index is 1030. The van der Waals surface area contributed by atoms with Crippen molar-refractivity contribution in [2.24, 2.45) is 11.8 Å². The van der Waals surface area contributed by atoms with E-state index in [4.69, 9.17) is 0 Å². The molecule has 1 aliphatic carbocycles. The molecular formula is C32H50F2N4O2. The van der Waals surface area contributed by atoms with Crippen LogP contribution >= 0.6 is 0 Å². The summed E-state index contributed by atoms with van der Waals surface area (Å²) < 4.78 is 28.6. The zero-order chi connectivity index (χ0) is 29.2. The van der Waals surface area contributed by atoms with E-state index in [0.717, 1.165) is 25.7 Å². The second-order valence-corrected chi connectivity index (χ2v) is 13.5. The van der Waals surface area contributed by atoms with Crippen LogP contribution in [0.5, 0.6) is 0 Å². The standard InChI is InChI=1S/C32H50F2N4O2/c1-22(2)38(23(3)39)21-30(24-10-8-7-9-11-24)35-14-16-36(17-15-35)31(40)28-20-37(32(4,5)6)19-27(28)26-13-12-25(33)18-29(26)34/h12-13,18,22,24,27-28,30H,7-11,14-17,19-21H2,1-6H3/t27-,28?,30?/m0/s1. The van der Waals surface area contributed by atoms with Crippen LogP contribution in [0.2, 0.25) is 0 Å². The third kappa shape index (κ3) is 7.04. The van der Waals surface area contributed by atoms with Crippen LogP contribution in [0.4, 0.5) is 8.78 Å². The fourth-order valence-electron chi connectivity index (χ4n) is 7.21. The molecule has 224 valence electrons. The lowest BCUT2D eigenvalue weighted by Crippen LogP contribution is -2.58. The first-order chi connectivity index (χ1) is 18.9. The molecule has 0 radical (unpaired) electrons. The number of carbonyl (C=O) groups is 2. The summed E-state index contributed by atoms with van der Waals surface area (Å²) in [5, 5.41) is 0. The molecule has 3 fully saturated rings. The van der Waals surface area contributed by atoms with Crippen molar-refractivity contribution in [2.75, 3.05) is 45.8 Å². The predicted molar refractivity (Wildman–Crippen MR) is 155 cm³/mol. The highest BCUT2D eigenvalue weighted by molar-refractivity contribution is 5.81. The Morgan fingerprint density at radius 1 is 1.00 bits per heavy atom. The first-order valence-electron chi connectivity index (χ1n) is 15.4. The summed E-state index contributed by atoms with van der Waals surface area (Å²) in [4.78, 5) is 35.2. The Morgan fingerprint density at radius 3 is 2.20 bits per heavy atom. The highest BCUT2D eigenvalue weighted by Crippen LogP contribution is 2.39. The highest BCUT2D eigenvalue weighted by atomic mass is 19.1. The lowest BCUT2D eigenvalue weighted by atomic mass is 9.82. The second kappa shape index (κ2) is 12.8. The van der Waals surface area contributed by atoms with E-state index in [1.54, 1.807) is 6.92 Å². The van der Waals surface area contributed by atoms with Crippen LogP contribution in [0, 0.1) is 23.5 Å². The van der Waals surface area contributed by atoms with Crippen molar-refractivity contribution >= 4 is 11.8 Å². The molecule has 4 rings (SSSR count). The monoisotopic (exact) mass is 560 g/mol. The summed E-state index contributed by atoms with van der Waals surface area (Å²) in [7, 11) is 0. The fourth-order valence-corrected chi connectivity index (χ4v) is 7.21. The topological polar surface area (TPSA) is 47.1 Å². The summed E-state index contributed by atoms with van der Waals surface area (Å²) in [5.74, 6) is -1.09. The highest BCUT2D eigenvalue weighted by Gasteiger charge is 2.45. The molecule has 0 N–H and O–H groups in total. The van der Waals surface area contributed by atoms with E-state index in [-0.39, 0.29) is 35.2 Å². The van der Waals surface area contributed by atoms with Gasteiger partial charge in [-0.2, -0.15) is 0 Å². The van der Waals surface area contributed by atoms with Gasteiger partial charge in [0.25, 0.3) is 0 Å². The van der Waals surface area contributed by atoms with Gasteiger partial charge in [0.1, 0.15) is 11.6 Å². The van der Waals surface area contributed by atoms with Crippen LogP contribution in [0.3, 0.4) is 0 Å². The molecule has 1 aromatic carbocycles. The zero-order valence-electron chi connectivity index (χ0n) is 25.5. The smallest absolute Gasteiger partial charge is 0.227 e. The number of piperazine rings is 1. The largest absolute Gasteiger partial charge is 0.340 e. The molecule has 40 heavy (non-hydrogen) atoms. The summed E-state index contributed by atoms with van der Waals surface area (Å²) in [5.41, 5.74) is 0.273. The molecule has 2 heterocycles. The number of nitrogens with zero attached hydrogens (tertiary/aromatic N) is 4. The Morgan fingerprint density at radius 2 is 1.65 bits per heavy atom. The van der Waals surface area contributed by atoms with Crippen LogP contribution < -0.4 is 0 Å². The van der Waals surface area contributed by atoms with Crippen LogP contribution in [-0.2, 0) is 9.59 Å². The molecule has 2 saturated heterocycles. The molecule has 0 bridgehead atoms. The SMILES string of the molecule is CC(=O)N(CC(C1CCCCC1)N1CCN(C(=O)C2CN(C(C)(C)C)C[C@H]2c2ccc(F)cc2F)CC1)C(C)C. The molecule has 0 spiro atoms. The molecule has 2 amide bonds. The molecule has 3 aliphatic rings. The molecule has 2 aliphatic heterocycles. The summed E-state index contributed by atoms with van der Waals surface area (Å²) in [6.45, 7) is 16.9. The van der Waals surface area contributed by atoms with E-state index in [0.29, 0.717) is 43.7 Å². The zero-order valence-corrected chi connectivity index (χ0v) is 25.5. The Labute approximate surface area is 240 Å². The maximum Gasteiger partial charge on any atom is 0.227 e. The van der Waals surface area contributed by atoms with Crippen LogP contribution in [0.25, 0.3) is 0 Å². The fraction of sp³-hybridized carbons (Fsp3) is 0.750. The van der Waals surface area contributed by atoms with Gasteiger partial charge >= 0.3 is 0 Å². The van der Waals surface area contributed by atoms with Crippen molar-refractivity contribution in [1.29, 1.82) is 0 Å². The average molecular weight is 561 g/mol. The van der Waals surface area contributed by atoms with Crippen molar-refractivity contribution in [3.63, 3.8) is 0 Å². The minimum atomic E-state index is -0.598. The van der Waals surface area contributed by atoms with E-state index >= 15 is 0 Å². The third-order valence-corrected chi connectivity index (χ3v) is 9.65. The third-order valence-electron chi connectivity index (χ3n) is 9.65. The van der Waals surface area contributed by atoms with Gasteiger partial charge in [0, 0.05) is 82.3 Å². The number of carbonyl (C=O) groups excluding carboxylic acids is 2. The van der Waals surface area contributed by atoms with Gasteiger partial charge < -0.3 is 9.80 Å². The van der Waals surface area contributed by atoms with E-state index in [1.165, 1.54) is 44.2 Å². The number of hydrogen-bond acceptors (Lipinski definition) is 4. The lowest BCUT2D eigenvalue weighted by Gasteiger charge is -2.46. The van der Waals surface area contributed by atoms with Gasteiger partial charge in [-0.3, -0.25) is 19.4 Å². The minimum Gasteiger partial charge on any atom is -0.340 e. The van der Waals surface area contributed by atoms with Gasteiger partial charge in [-0.1, -0.05) is 25.3 Å². The van der Waals surface area contributed by atoms with Crippen molar-refractivity contribution in [1.82, 2.24) is 19.6 Å². The van der Waals surface area contributed by atoms with Gasteiger partial charge in [0.2, 0.25) is 11.8 Å². The van der Waals surface area contributed by atoms with Gasteiger partial charge in [-0.25, -0.2) is 8.78 Å². The minimum absolute atomic E-state index is 0.0712. The molecule has 1 aromatic rings. The van der Waals surface area contributed by atoms with Crippen LogP contribution in [0.1, 0.15) is 85.1 Å².